The number of methoxy groups -OCH3 is 1. The van der Waals surface area contributed by atoms with Crippen molar-refractivity contribution in [2.45, 2.75) is 26.8 Å². The van der Waals surface area contributed by atoms with E-state index in [0.29, 0.717) is 12.5 Å². The number of esters is 1. The van der Waals surface area contributed by atoms with Crippen molar-refractivity contribution in [3.8, 4) is 0 Å². The van der Waals surface area contributed by atoms with E-state index in [1.807, 2.05) is 20.8 Å². The Labute approximate surface area is 102 Å². The van der Waals surface area contributed by atoms with E-state index in [4.69, 9.17) is 4.74 Å². The highest BCUT2D eigenvalue weighted by atomic mass is 16.5. The van der Waals surface area contributed by atoms with Crippen molar-refractivity contribution in [3.05, 3.63) is 0 Å². The summed E-state index contributed by atoms with van der Waals surface area (Å²) >= 11 is 0. The van der Waals surface area contributed by atoms with E-state index in [-0.39, 0.29) is 23.7 Å². The van der Waals surface area contributed by atoms with Crippen LogP contribution in [0.4, 0.5) is 0 Å². The predicted molar refractivity (Wildman–Crippen MR) is 64.3 cm³/mol. The lowest BCUT2D eigenvalue weighted by molar-refractivity contribution is -0.147. The maximum Gasteiger partial charge on any atom is 0.328 e. The van der Waals surface area contributed by atoms with Crippen LogP contribution in [0.2, 0.25) is 0 Å². The molecule has 0 aliphatic carbocycles. The second-order valence-electron chi connectivity index (χ2n) is 5.00. The maximum atomic E-state index is 12.0. The van der Waals surface area contributed by atoms with Gasteiger partial charge >= 0.3 is 5.97 Å². The van der Waals surface area contributed by atoms with E-state index in [0.717, 1.165) is 6.54 Å². The zero-order chi connectivity index (χ0) is 13.0. The average Bonchev–Trinajstić information content (AvgIpc) is 2.70. The quantitative estimate of drug-likeness (QED) is 0.689. The number of rotatable bonds is 4. The highest BCUT2D eigenvalue weighted by Crippen LogP contribution is 2.16. The summed E-state index contributed by atoms with van der Waals surface area (Å²) < 4.78 is 4.69. The molecule has 0 radical (unpaired) electrons. The Morgan fingerprint density at radius 2 is 2.00 bits per heavy atom. The Morgan fingerprint density at radius 3 is 2.41 bits per heavy atom. The third-order valence-electron chi connectivity index (χ3n) is 3.27. The maximum absolute atomic E-state index is 12.0. The fourth-order valence-electron chi connectivity index (χ4n) is 2.05. The first-order valence-corrected chi connectivity index (χ1v) is 6.06. The van der Waals surface area contributed by atoms with Gasteiger partial charge in [-0.2, -0.15) is 0 Å². The largest absolute Gasteiger partial charge is 0.467 e. The van der Waals surface area contributed by atoms with Crippen molar-refractivity contribution in [1.82, 2.24) is 10.6 Å². The van der Waals surface area contributed by atoms with Gasteiger partial charge in [0, 0.05) is 6.54 Å². The summed E-state index contributed by atoms with van der Waals surface area (Å²) in [5.74, 6) is -0.170. The summed E-state index contributed by atoms with van der Waals surface area (Å²) in [5.41, 5.74) is 0. The molecule has 1 amide bonds. The van der Waals surface area contributed by atoms with E-state index < -0.39 is 6.04 Å². The Balaban J connectivity index is 2.61. The summed E-state index contributed by atoms with van der Waals surface area (Å²) in [5, 5.41) is 5.96. The molecular formula is C12H22N2O3. The van der Waals surface area contributed by atoms with Gasteiger partial charge in [0.15, 0.2) is 0 Å². The Bertz CT molecular complexity index is 291. The summed E-state index contributed by atoms with van der Waals surface area (Å²) in [6.07, 6.45) is 0. The molecule has 1 heterocycles. The Morgan fingerprint density at radius 1 is 1.35 bits per heavy atom. The molecule has 1 fully saturated rings. The molecule has 1 aliphatic heterocycles. The topological polar surface area (TPSA) is 67.4 Å². The van der Waals surface area contributed by atoms with Crippen molar-refractivity contribution in [1.29, 1.82) is 0 Å². The summed E-state index contributed by atoms with van der Waals surface area (Å²) in [6.45, 7) is 7.34. The van der Waals surface area contributed by atoms with Gasteiger partial charge in [-0.1, -0.05) is 20.8 Å². The lowest BCUT2D eigenvalue weighted by Gasteiger charge is -2.22. The number of carbonyl (C=O) groups is 2. The molecule has 1 aliphatic rings. The Kier molecular flexibility index (Phi) is 4.93. The molecule has 3 atom stereocenters. The molecule has 5 nitrogen and oxygen atoms in total. The minimum atomic E-state index is -0.555. The lowest BCUT2D eigenvalue weighted by atomic mass is 9.96. The second-order valence-corrected chi connectivity index (χ2v) is 5.00. The van der Waals surface area contributed by atoms with Gasteiger partial charge in [0.25, 0.3) is 0 Å². The molecule has 0 bridgehead atoms. The number of amides is 1. The van der Waals surface area contributed by atoms with Gasteiger partial charge in [-0.3, -0.25) is 4.79 Å². The van der Waals surface area contributed by atoms with Crippen LogP contribution >= 0.6 is 0 Å². The summed E-state index contributed by atoms with van der Waals surface area (Å²) in [7, 11) is 1.34. The van der Waals surface area contributed by atoms with E-state index in [1.54, 1.807) is 0 Å². The van der Waals surface area contributed by atoms with E-state index in [9.17, 15) is 9.59 Å². The number of ether oxygens (including phenoxy) is 1. The molecule has 5 heteroatoms. The molecule has 1 rings (SSSR count). The summed E-state index contributed by atoms with van der Waals surface area (Å²) in [6, 6.07) is -0.555. The van der Waals surface area contributed by atoms with Gasteiger partial charge in [0.1, 0.15) is 6.04 Å². The number of carbonyl (C=O) groups excluding carboxylic acids is 2. The molecule has 0 spiro atoms. The van der Waals surface area contributed by atoms with Crippen LogP contribution in [0.3, 0.4) is 0 Å². The average molecular weight is 242 g/mol. The normalized spacial score (nSPS) is 25.7. The van der Waals surface area contributed by atoms with Crippen LogP contribution in [0, 0.1) is 17.8 Å². The first-order valence-electron chi connectivity index (χ1n) is 6.06. The number of hydrogen-bond donors (Lipinski definition) is 2. The molecule has 17 heavy (non-hydrogen) atoms. The minimum absolute atomic E-state index is 0.0241. The zero-order valence-corrected chi connectivity index (χ0v) is 10.9. The van der Waals surface area contributed by atoms with Gasteiger partial charge < -0.3 is 15.4 Å². The molecular weight excluding hydrogens is 220 g/mol. The SMILES string of the molecule is COC(=O)C(NC(=O)[C@@H]1CNC[C@H]1C)C(C)C. The standard InChI is InChI=1S/C12H22N2O3/c1-7(2)10(12(16)17-4)14-11(15)9-6-13-5-8(9)3/h7-10,13H,5-6H2,1-4H3,(H,14,15)/t8-,9-,10?/m1/s1. The molecule has 98 valence electrons. The van der Waals surface area contributed by atoms with E-state index >= 15 is 0 Å². The Hall–Kier alpha value is -1.10. The van der Waals surface area contributed by atoms with Crippen molar-refractivity contribution < 1.29 is 14.3 Å². The highest BCUT2D eigenvalue weighted by Gasteiger charge is 2.33. The number of hydrogen-bond acceptors (Lipinski definition) is 4. The molecule has 0 aromatic rings. The van der Waals surface area contributed by atoms with Crippen LogP contribution < -0.4 is 10.6 Å². The van der Waals surface area contributed by atoms with Crippen LogP contribution in [-0.2, 0) is 14.3 Å². The van der Waals surface area contributed by atoms with Crippen LogP contribution in [-0.4, -0.2) is 38.1 Å². The smallest absolute Gasteiger partial charge is 0.328 e. The van der Waals surface area contributed by atoms with Crippen molar-refractivity contribution in [3.63, 3.8) is 0 Å². The van der Waals surface area contributed by atoms with Gasteiger partial charge in [0.05, 0.1) is 13.0 Å². The molecule has 2 N–H and O–H groups in total. The van der Waals surface area contributed by atoms with E-state index in [1.165, 1.54) is 7.11 Å². The number of nitrogens with one attached hydrogen (secondary N) is 2. The van der Waals surface area contributed by atoms with Gasteiger partial charge in [0.2, 0.25) is 5.91 Å². The monoisotopic (exact) mass is 242 g/mol. The first-order chi connectivity index (χ1) is 7.97. The van der Waals surface area contributed by atoms with Gasteiger partial charge in [-0.25, -0.2) is 4.79 Å². The molecule has 1 saturated heterocycles. The first kappa shape index (κ1) is 14.0. The molecule has 0 aromatic carbocycles. The van der Waals surface area contributed by atoms with Crippen molar-refractivity contribution >= 4 is 11.9 Å². The van der Waals surface area contributed by atoms with Gasteiger partial charge in [-0.15, -0.1) is 0 Å². The third kappa shape index (κ3) is 3.43. The van der Waals surface area contributed by atoms with Crippen molar-refractivity contribution in [2.24, 2.45) is 17.8 Å². The van der Waals surface area contributed by atoms with Crippen LogP contribution in [0.5, 0.6) is 0 Å². The molecule has 0 aromatic heterocycles. The molecule has 0 saturated carbocycles. The van der Waals surface area contributed by atoms with Crippen LogP contribution in [0.1, 0.15) is 20.8 Å². The lowest BCUT2D eigenvalue weighted by Crippen LogP contribution is -2.48. The third-order valence-corrected chi connectivity index (χ3v) is 3.27. The highest BCUT2D eigenvalue weighted by molar-refractivity contribution is 5.86. The predicted octanol–water partition coefficient (Wildman–Crippen LogP) is 0.156. The van der Waals surface area contributed by atoms with E-state index in [2.05, 4.69) is 10.6 Å². The second kappa shape index (κ2) is 6.00. The molecule has 1 unspecified atom stereocenters. The fraction of sp³-hybridized carbons (Fsp3) is 0.833. The van der Waals surface area contributed by atoms with Gasteiger partial charge in [-0.05, 0) is 18.4 Å². The van der Waals surface area contributed by atoms with Crippen LogP contribution in [0.15, 0.2) is 0 Å². The summed E-state index contributed by atoms with van der Waals surface area (Å²) in [4.78, 5) is 23.6. The van der Waals surface area contributed by atoms with Crippen LogP contribution in [0.25, 0.3) is 0 Å². The fourth-order valence-corrected chi connectivity index (χ4v) is 2.05. The zero-order valence-electron chi connectivity index (χ0n) is 10.9. The van der Waals surface area contributed by atoms with Crippen molar-refractivity contribution in [2.75, 3.05) is 20.2 Å². The minimum Gasteiger partial charge on any atom is -0.467 e.